The molecular formula is C34H26O2. The van der Waals surface area contributed by atoms with Crippen LogP contribution in [0.3, 0.4) is 0 Å². The summed E-state index contributed by atoms with van der Waals surface area (Å²) >= 11 is 0. The van der Waals surface area contributed by atoms with E-state index in [2.05, 4.69) is 38.1 Å². The second kappa shape index (κ2) is 8.58. The van der Waals surface area contributed by atoms with Gasteiger partial charge in [0.15, 0.2) is 0 Å². The summed E-state index contributed by atoms with van der Waals surface area (Å²) in [6, 6.07) is 36.3. The van der Waals surface area contributed by atoms with Crippen molar-refractivity contribution in [2.45, 2.75) is 13.8 Å². The van der Waals surface area contributed by atoms with E-state index in [1.807, 2.05) is 84.9 Å². The Bertz CT molecular complexity index is 1650. The van der Waals surface area contributed by atoms with Gasteiger partial charge in [-0.1, -0.05) is 97.1 Å². The number of rotatable bonds is 3. The van der Waals surface area contributed by atoms with E-state index >= 15 is 0 Å². The highest BCUT2D eigenvalue weighted by Crippen LogP contribution is 2.51. The van der Waals surface area contributed by atoms with Gasteiger partial charge in [-0.05, 0) is 69.8 Å². The van der Waals surface area contributed by atoms with Gasteiger partial charge in [-0.3, -0.25) is 0 Å². The van der Waals surface area contributed by atoms with E-state index < -0.39 is 0 Å². The Hall–Kier alpha value is -4.56. The lowest BCUT2D eigenvalue weighted by Crippen LogP contribution is -1.93. The van der Waals surface area contributed by atoms with E-state index in [0.717, 1.165) is 54.9 Å². The number of phenolic OH excluding ortho intramolecular Hbond substituents is 2. The second-order valence-corrected chi connectivity index (χ2v) is 9.37. The normalized spacial score (nSPS) is 11.3. The van der Waals surface area contributed by atoms with E-state index in [0.29, 0.717) is 11.1 Å². The maximum Gasteiger partial charge on any atom is 0.132 e. The summed E-state index contributed by atoms with van der Waals surface area (Å²) < 4.78 is 0. The monoisotopic (exact) mass is 466 g/mol. The van der Waals surface area contributed by atoms with Crippen LogP contribution < -0.4 is 0 Å². The third-order valence-corrected chi connectivity index (χ3v) is 7.16. The first-order chi connectivity index (χ1) is 17.5. The molecule has 0 atom stereocenters. The number of fused-ring (bicyclic) bond motifs is 2. The molecule has 6 rings (SSSR count). The minimum absolute atomic E-state index is 0.172. The predicted octanol–water partition coefficient (Wildman–Crippen LogP) is 9.02. The molecule has 0 saturated heterocycles. The van der Waals surface area contributed by atoms with Gasteiger partial charge in [0.2, 0.25) is 0 Å². The van der Waals surface area contributed by atoms with E-state index in [4.69, 9.17) is 0 Å². The maximum atomic E-state index is 11.9. The van der Waals surface area contributed by atoms with Crippen molar-refractivity contribution in [3.63, 3.8) is 0 Å². The van der Waals surface area contributed by atoms with Gasteiger partial charge in [-0.15, -0.1) is 0 Å². The molecule has 6 aromatic rings. The quantitative estimate of drug-likeness (QED) is 0.273. The zero-order valence-corrected chi connectivity index (χ0v) is 20.3. The van der Waals surface area contributed by atoms with Gasteiger partial charge in [0, 0.05) is 22.3 Å². The number of aryl methyl sites for hydroxylation is 2. The Balaban J connectivity index is 1.79. The summed E-state index contributed by atoms with van der Waals surface area (Å²) in [5, 5.41) is 27.6. The summed E-state index contributed by atoms with van der Waals surface area (Å²) in [7, 11) is 0. The zero-order valence-electron chi connectivity index (χ0n) is 20.3. The molecular weight excluding hydrogens is 440 g/mol. The summed E-state index contributed by atoms with van der Waals surface area (Å²) in [5.74, 6) is 0.343. The van der Waals surface area contributed by atoms with Crippen molar-refractivity contribution in [2.24, 2.45) is 0 Å². The van der Waals surface area contributed by atoms with Crippen LogP contribution in [0.4, 0.5) is 0 Å². The van der Waals surface area contributed by atoms with Crippen molar-refractivity contribution in [1.82, 2.24) is 0 Å². The molecule has 2 heteroatoms. The van der Waals surface area contributed by atoms with Crippen molar-refractivity contribution in [3.05, 3.63) is 120 Å². The van der Waals surface area contributed by atoms with Gasteiger partial charge in [0.1, 0.15) is 11.5 Å². The summed E-state index contributed by atoms with van der Waals surface area (Å²) in [6.07, 6.45) is 0. The largest absolute Gasteiger partial charge is 0.507 e. The van der Waals surface area contributed by atoms with Crippen LogP contribution in [0.2, 0.25) is 0 Å². The van der Waals surface area contributed by atoms with E-state index in [1.54, 1.807) is 0 Å². The third-order valence-electron chi connectivity index (χ3n) is 7.16. The summed E-state index contributed by atoms with van der Waals surface area (Å²) in [6.45, 7) is 4.10. The van der Waals surface area contributed by atoms with Crippen molar-refractivity contribution in [1.29, 1.82) is 0 Å². The fourth-order valence-corrected chi connectivity index (χ4v) is 5.34. The Morgan fingerprint density at radius 3 is 1.19 bits per heavy atom. The molecule has 0 aromatic heterocycles. The average Bonchev–Trinajstić information content (AvgIpc) is 2.90. The van der Waals surface area contributed by atoms with Crippen LogP contribution >= 0.6 is 0 Å². The lowest BCUT2D eigenvalue weighted by Gasteiger charge is -2.20. The van der Waals surface area contributed by atoms with Crippen LogP contribution in [0.1, 0.15) is 11.1 Å². The third kappa shape index (κ3) is 3.42. The van der Waals surface area contributed by atoms with Crippen LogP contribution in [0, 0.1) is 13.8 Å². The van der Waals surface area contributed by atoms with Gasteiger partial charge in [-0.2, -0.15) is 0 Å². The van der Waals surface area contributed by atoms with Gasteiger partial charge in [0.05, 0.1) is 0 Å². The lowest BCUT2D eigenvalue weighted by molar-refractivity contribution is 0.472. The Morgan fingerprint density at radius 1 is 0.417 bits per heavy atom. The molecule has 2 nitrogen and oxygen atoms in total. The lowest BCUT2D eigenvalue weighted by atomic mass is 9.85. The molecule has 174 valence electrons. The maximum absolute atomic E-state index is 11.9. The molecule has 0 heterocycles. The van der Waals surface area contributed by atoms with Gasteiger partial charge >= 0.3 is 0 Å². The molecule has 0 saturated carbocycles. The molecule has 0 spiro atoms. The molecule has 0 fully saturated rings. The summed E-state index contributed by atoms with van der Waals surface area (Å²) in [4.78, 5) is 0. The topological polar surface area (TPSA) is 40.5 Å². The number of phenols is 2. The molecule has 0 aliphatic carbocycles. The fraction of sp³-hybridized carbons (Fsp3) is 0.0588. The van der Waals surface area contributed by atoms with Gasteiger partial charge in [-0.25, -0.2) is 0 Å². The summed E-state index contributed by atoms with van der Waals surface area (Å²) in [5.41, 5.74) is 6.92. The van der Waals surface area contributed by atoms with Crippen molar-refractivity contribution in [3.8, 4) is 44.9 Å². The van der Waals surface area contributed by atoms with Crippen LogP contribution in [-0.2, 0) is 0 Å². The van der Waals surface area contributed by atoms with E-state index in [9.17, 15) is 10.2 Å². The molecule has 36 heavy (non-hydrogen) atoms. The Morgan fingerprint density at radius 2 is 0.778 bits per heavy atom. The fourth-order valence-electron chi connectivity index (χ4n) is 5.34. The smallest absolute Gasteiger partial charge is 0.132 e. The molecule has 0 radical (unpaired) electrons. The molecule has 2 N–H and O–H groups in total. The van der Waals surface area contributed by atoms with Gasteiger partial charge in [0.25, 0.3) is 0 Å². The van der Waals surface area contributed by atoms with E-state index in [-0.39, 0.29) is 11.5 Å². The molecule has 6 aromatic carbocycles. The molecule has 0 aliphatic heterocycles. The number of aromatic hydroxyl groups is 2. The first-order valence-electron chi connectivity index (χ1n) is 12.2. The number of benzene rings is 6. The average molecular weight is 467 g/mol. The molecule has 0 unspecified atom stereocenters. The predicted molar refractivity (Wildman–Crippen MR) is 151 cm³/mol. The highest BCUT2D eigenvalue weighted by molar-refractivity contribution is 6.14. The zero-order chi connectivity index (χ0) is 24.8. The van der Waals surface area contributed by atoms with Crippen LogP contribution in [0.25, 0.3) is 54.9 Å². The highest BCUT2D eigenvalue weighted by Gasteiger charge is 2.23. The van der Waals surface area contributed by atoms with Gasteiger partial charge < -0.3 is 10.2 Å². The standard InChI is InChI=1S/C34H26O2/c1-21-11-3-7-15-25(21)29-19-23-13-5-9-17-27(23)31(33(29)35)32-28-18-10-6-14-24(28)20-30(34(32)36)26-16-8-4-12-22(26)2/h3-20,35-36H,1-2H3. The van der Waals surface area contributed by atoms with Crippen LogP contribution in [0.15, 0.2) is 109 Å². The van der Waals surface area contributed by atoms with Crippen LogP contribution in [-0.4, -0.2) is 10.2 Å². The van der Waals surface area contributed by atoms with Crippen LogP contribution in [0.5, 0.6) is 11.5 Å². The van der Waals surface area contributed by atoms with Crippen molar-refractivity contribution >= 4 is 21.5 Å². The molecule has 0 amide bonds. The SMILES string of the molecule is Cc1ccccc1-c1cc2ccccc2c(-c2c(O)c(-c3ccccc3C)cc3ccccc23)c1O. The molecule has 0 bridgehead atoms. The second-order valence-electron chi connectivity index (χ2n) is 9.37. The number of hydrogen-bond donors (Lipinski definition) is 2. The first-order valence-corrected chi connectivity index (χ1v) is 12.2. The van der Waals surface area contributed by atoms with Crippen molar-refractivity contribution < 1.29 is 10.2 Å². The van der Waals surface area contributed by atoms with Crippen molar-refractivity contribution in [2.75, 3.05) is 0 Å². The highest BCUT2D eigenvalue weighted by atomic mass is 16.3. The Labute approximate surface area is 210 Å². The first kappa shape index (κ1) is 21.9. The molecule has 0 aliphatic rings. The minimum atomic E-state index is 0.172. The Kier molecular flexibility index (Phi) is 5.23. The minimum Gasteiger partial charge on any atom is -0.507 e. The number of hydrogen-bond acceptors (Lipinski definition) is 2. The van der Waals surface area contributed by atoms with E-state index in [1.165, 1.54) is 0 Å².